The fourth-order valence-corrected chi connectivity index (χ4v) is 3.94. The smallest absolute Gasteiger partial charge is 0.340 e. The number of benzene rings is 3. The summed E-state index contributed by atoms with van der Waals surface area (Å²) in [4.78, 5) is 25.7. The van der Waals surface area contributed by atoms with E-state index in [2.05, 4.69) is 5.32 Å². The highest BCUT2D eigenvalue weighted by Crippen LogP contribution is 2.26. The fourth-order valence-electron chi connectivity index (χ4n) is 3.04. The molecule has 1 heterocycles. The molecular weight excluding hydrogens is 414 g/mol. The van der Waals surface area contributed by atoms with E-state index >= 15 is 0 Å². The second-order valence-electron chi connectivity index (χ2n) is 6.78. The molecule has 0 atom stereocenters. The third kappa shape index (κ3) is 4.90. The zero-order chi connectivity index (χ0) is 21.8. The standard InChI is InChI=1S/C24H19NO5S/c1-29-20-6-2-4-16(11-20)23(27)25-18-5-3-7-21(12-18)31-14-17-10-15-8-9-19(26)13-22(15)30-24(17)28/h2-13,26H,14H2,1H3,(H,25,27). The molecule has 6 nitrogen and oxygen atoms in total. The van der Waals surface area contributed by atoms with E-state index < -0.39 is 5.63 Å². The van der Waals surface area contributed by atoms with Gasteiger partial charge in [-0.25, -0.2) is 4.79 Å². The first kappa shape index (κ1) is 20.6. The first-order chi connectivity index (χ1) is 15.0. The molecule has 0 fully saturated rings. The molecule has 4 aromatic rings. The van der Waals surface area contributed by atoms with Crippen LogP contribution < -0.4 is 15.7 Å². The molecule has 0 unspecified atom stereocenters. The van der Waals surface area contributed by atoms with Crippen LogP contribution in [0.2, 0.25) is 0 Å². The van der Waals surface area contributed by atoms with Crippen LogP contribution in [0.4, 0.5) is 5.69 Å². The van der Waals surface area contributed by atoms with Crippen LogP contribution in [-0.2, 0) is 5.75 Å². The Kier molecular flexibility index (Phi) is 5.95. The summed E-state index contributed by atoms with van der Waals surface area (Å²) < 4.78 is 10.5. The summed E-state index contributed by atoms with van der Waals surface area (Å²) in [5.74, 6) is 0.832. The van der Waals surface area contributed by atoms with Crippen LogP contribution in [0.5, 0.6) is 11.5 Å². The van der Waals surface area contributed by atoms with Gasteiger partial charge in [0.2, 0.25) is 0 Å². The van der Waals surface area contributed by atoms with Crippen molar-refractivity contribution in [3.05, 3.63) is 94.3 Å². The van der Waals surface area contributed by atoms with E-state index in [1.807, 2.05) is 18.2 Å². The van der Waals surface area contributed by atoms with Crippen molar-refractivity contribution in [2.75, 3.05) is 12.4 Å². The Morgan fingerprint density at radius 1 is 1.06 bits per heavy atom. The van der Waals surface area contributed by atoms with E-state index in [-0.39, 0.29) is 11.7 Å². The molecule has 1 aromatic heterocycles. The lowest BCUT2D eigenvalue weighted by Crippen LogP contribution is -2.11. The van der Waals surface area contributed by atoms with E-state index in [1.54, 1.807) is 55.6 Å². The number of fused-ring (bicyclic) bond motifs is 1. The predicted molar refractivity (Wildman–Crippen MR) is 121 cm³/mol. The van der Waals surface area contributed by atoms with Crippen molar-refractivity contribution >= 4 is 34.3 Å². The number of aromatic hydroxyl groups is 1. The number of ether oxygens (including phenoxy) is 1. The summed E-state index contributed by atoms with van der Waals surface area (Å²) in [6, 6.07) is 20.8. The molecule has 0 bridgehead atoms. The minimum atomic E-state index is -0.437. The Hall–Kier alpha value is -3.71. The van der Waals surface area contributed by atoms with Crippen molar-refractivity contribution in [2.24, 2.45) is 0 Å². The Bertz CT molecular complexity index is 1310. The molecule has 31 heavy (non-hydrogen) atoms. The van der Waals surface area contributed by atoms with Crippen LogP contribution in [0.15, 0.2) is 86.9 Å². The topological polar surface area (TPSA) is 88.8 Å². The van der Waals surface area contributed by atoms with Gasteiger partial charge >= 0.3 is 5.63 Å². The zero-order valence-corrected chi connectivity index (χ0v) is 17.4. The van der Waals surface area contributed by atoms with Crippen molar-refractivity contribution < 1.29 is 19.1 Å². The largest absolute Gasteiger partial charge is 0.508 e. The molecule has 0 spiro atoms. The first-order valence-electron chi connectivity index (χ1n) is 9.46. The van der Waals surface area contributed by atoms with Crippen molar-refractivity contribution in [1.82, 2.24) is 0 Å². The molecule has 156 valence electrons. The number of amides is 1. The molecule has 1 amide bonds. The van der Waals surface area contributed by atoms with Gasteiger partial charge in [0.05, 0.1) is 7.11 Å². The van der Waals surface area contributed by atoms with Crippen LogP contribution in [-0.4, -0.2) is 18.1 Å². The number of carbonyl (C=O) groups excluding carboxylic acids is 1. The van der Waals surface area contributed by atoms with Crippen LogP contribution in [0.1, 0.15) is 15.9 Å². The number of phenolic OH excluding ortho intramolecular Hbond substituents is 1. The molecule has 7 heteroatoms. The Balaban J connectivity index is 1.47. The molecule has 0 saturated carbocycles. The quantitative estimate of drug-likeness (QED) is 0.327. The Morgan fingerprint density at radius 3 is 2.74 bits per heavy atom. The van der Waals surface area contributed by atoms with Gasteiger partial charge in [0.25, 0.3) is 5.91 Å². The van der Waals surface area contributed by atoms with Gasteiger partial charge in [-0.3, -0.25) is 4.79 Å². The SMILES string of the molecule is COc1cccc(C(=O)Nc2cccc(SCc3cc4ccc(O)cc4oc3=O)c2)c1. The summed E-state index contributed by atoms with van der Waals surface area (Å²) in [6.45, 7) is 0. The van der Waals surface area contributed by atoms with E-state index in [0.717, 1.165) is 10.3 Å². The summed E-state index contributed by atoms with van der Waals surface area (Å²) in [5.41, 5.74) is 1.58. The molecule has 0 aliphatic heterocycles. The van der Waals surface area contributed by atoms with Gasteiger partial charge in [0.1, 0.15) is 17.1 Å². The van der Waals surface area contributed by atoms with Gasteiger partial charge in [-0.05, 0) is 54.6 Å². The number of methoxy groups -OCH3 is 1. The maximum absolute atomic E-state index is 12.5. The maximum Gasteiger partial charge on any atom is 0.340 e. The number of thioether (sulfide) groups is 1. The second-order valence-corrected chi connectivity index (χ2v) is 7.83. The van der Waals surface area contributed by atoms with Crippen LogP contribution in [0.3, 0.4) is 0 Å². The van der Waals surface area contributed by atoms with Crippen LogP contribution in [0.25, 0.3) is 11.0 Å². The van der Waals surface area contributed by atoms with Crippen molar-refractivity contribution in [1.29, 1.82) is 0 Å². The molecular formula is C24H19NO5S. The van der Waals surface area contributed by atoms with Crippen LogP contribution in [0, 0.1) is 0 Å². The zero-order valence-electron chi connectivity index (χ0n) is 16.6. The Labute approximate surface area is 182 Å². The third-order valence-corrected chi connectivity index (χ3v) is 5.65. The molecule has 2 N–H and O–H groups in total. The van der Waals surface area contributed by atoms with E-state index in [9.17, 15) is 14.7 Å². The van der Waals surface area contributed by atoms with Crippen molar-refractivity contribution in [2.45, 2.75) is 10.6 Å². The van der Waals surface area contributed by atoms with Crippen LogP contribution >= 0.6 is 11.8 Å². The van der Waals surface area contributed by atoms with Crippen molar-refractivity contribution in [3.63, 3.8) is 0 Å². The number of anilines is 1. The molecule has 0 aliphatic carbocycles. The molecule has 3 aromatic carbocycles. The minimum absolute atomic E-state index is 0.0468. The lowest BCUT2D eigenvalue weighted by Gasteiger charge is -2.08. The number of hydrogen-bond donors (Lipinski definition) is 2. The number of carbonyl (C=O) groups is 1. The molecule has 4 rings (SSSR count). The summed E-state index contributed by atoms with van der Waals surface area (Å²) in [5, 5.41) is 13.1. The number of hydrogen-bond acceptors (Lipinski definition) is 6. The monoisotopic (exact) mass is 433 g/mol. The van der Waals surface area contributed by atoms with E-state index in [4.69, 9.17) is 9.15 Å². The van der Waals surface area contributed by atoms with Gasteiger partial charge in [-0.2, -0.15) is 0 Å². The molecule has 0 saturated heterocycles. The lowest BCUT2D eigenvalue weighted by atomic mass is 10.2. The van der Waals surface area contributed by atoms with Gasteiger partial charge < -0.3 is 19.6 Å². The van der Waals surface area contributed by atoms with Crippen molar-refractivity contribution in [3.8, 4) is 11.5 Å². The lowest BCUT2D eigenvalue weighted by molar-refractivity contribution is 0.102. The summed E-state index contributed by atoms with van der Waals surface area (Å²) in [6.07, 6.45) is 0. The second kappa shape index (κ2) is 8.97. The summed E-state index contributed by atoms with van der Waals surface area (Å²) >= 11 is 1.46. The normalized spacial score (nSPS) is 10.7. The van der Waals surface area contributed by atoms with Gasteiger partial charge in [0, 0.05) is 38.9 Å². The third-order valence-electron chi connectivity index (χ3n) is 4.61. The van der Waals surface area contributed by atoms with E-state index in [1.165, 1.54) is 17.8 Å². The summed E-state index contributed by atoms with van der Waals surface area (Å²) in [7, 11) is 1.55. The highest BCUT2D eigenvalue weighted by atomic mass is 32.2. The predicted octanol–water partition coefficient (Wildman–Crippen LogP) is 5.05. The maximum atomic E-state index is 12.5. The number of rotatable bonds is 6. The fraction of sp³-hybridized carbons (Fsp3) is 0.0833. The molecule has 0 aliphatic rings. The Morgan fingerprint density at radius 2 is 1.90 bits per heavy atom. The average molecular weight is 433 g/mol. The number of nitrogens with one attached hydrogen (secondary N) is 1. The number of phenols is 1. The average Bonchev–Trinajstić information content (AvgIpc) is 2.78. The van der Waals surface area contributed by atoms with Gasteiger partial charge in [0.15, 0.2) is 0 Å². The minimum Gasteiger partial charge on any atom is -0.508 e. The highest BCUT2D eigenvalue weighted by molar-refractivity contribution is 7.98. The van der Waals surface area contributed by atoms with E-state index in [0.29, 0.717) is 33.9 Å². The first-order valence-corrected chi connectivity index (χ1v) is 10.4. The molecule has 0 radical (unpaired) electrons. The van der Waals surface area contributed by atoms with Gasteiger partial charge in [-0.1, -0.05) is 12.1 Å². The highest BCUT2D eigenvalue weighted by Gasteiger charge is 2.10. The van der Waals surface area contributed by atoms with Gasteiger partial charge in [-0.15, -0.1) is 11.8 Å².